The number of nitrogens with zero attached hydrogens (tertiary/aromatic N) is 6. The van der Waals surface area contributed by atoms with Crippen LogP contribution in [0, 0.1) is 0 Å². The van der Waals surface area contributed by atoms with Crippen LogP contribution in [0.5, 0.6) is 0 Å². The lowest BCUT2D eigenvalue weighted by molar-refractivity contribution is 0.0449. The number of hydrogen-bond acceptors (Lipinski definition) is 10. The summed E-state index contributed by atoms with van der Waals surface area (Å²) in [6.07, 6.45) is 3.02. The lowest BCUT2D eigenvalue weighted by atomic mass is 10.0. The molecule has 5 rings (SSSR count). The van der Waals surface area contributed by atoms with Gasteiger partial charge in [-0.2, -0.15) is 16.8 Å². The molecule has 1 aliphatic heterocycles. The van der Waals surface area contributed by atoms with E-state index in [-0.39, 0.29) is 17.4 Å². The molecule has 0 spiro atoms. The molecule has 1 saturated heterocycles. The van der Waals surface area contributed by atoms with Gasteiger partial charge in [-0.1, -0.05) is 60.7 Å². The van der Waals surface area contributed by atoms with Gasteiger partial charge in [-0.3, -0.25) is 32.8 Å². The molecular formula is C30H42N6O9S2. The van der Waals surface area contributed by atoms with Gasteiger partial charge in [0.15, 0.2) is 11.2 Å². The third kappa shape index (κ3) is 12.4. The highest BCUT2D eigenvalue weighted by atomic mass is 32.2. The zero-order chi connectivity index (χ0) is 34.8. The molecule has 0 saturated carbocycles. The Morgan fingerprint density at radius 2 is 1.19 bits per heavy atom. The molecule has 1 aliphatic rings. The number of hydrogen-bond donors (Lipinski definition) is 2. The standard InChI is InChI=1S/C28H34N6O3.2CH4O3S/c1-30-26-24(27(35)31(2)28(30)36)34(21-29-26)18-17-32-13-15-33(16-14-32)19-20-37-25(22-9-5-3-6-10-22)23-11-7-4-8-12-23;2*1-5(2,3)4/h3-12,21,25H,13-20H2,1-2H3;2*1H3,(H,2,3,4). The summed E-state index contributed by atoms with van der Waals surface area (Å²) in [4.78, 5) is 34.0. The maximum Gasteiger partial charge on any atom is 0.332 e. The van der Waals surface area contributed by atoms with Crippen molar-refractivity contribution in [2.24, 2.45) is 14.1 Å². The van der Waals surface area contributed by atoms with E-state index in [1.54, 1.807) is 13.4 Å². The minimum absolute atomic E-state index is 0.0686. The van der Waals surface area contributed by atoms with E-state index < -0.39 is 20.2 Å². The van der Waals surface area contributed by atoms with Crippen LogP contribution in [0.2, 0.25) is 0 Å². The van der Waals surface area contributed by atoms with Crippen molar-refractivity contribution in [3.8, 4) is 0 Å². The third-order valence-electron chi connectivity index (χ3n) is 7.24. The van der Waals surface area contributed by atoms with Gasteiger partial charge in [0.05, 0.1) is 25.4 Å². The number of aryl methyl sites for hydroxylation is 1. The highest BCUT2D eigenvalue weighted by Crippen LogP contribution is 2.25. The Bertz CT molecular complexity index is 1830. The molecular weight excluding hydrogens is 652 g/mol. The average molecular weight is 695 g/mol. The van der Waals surface area contributed by atoms with Gasteiger partial charge in [0.1, 0.15) is 6.10 Å². The van der Waals surface area contributed by atoms with Crippen LogP contribution in [0.3, 0.4) is 0 Å². The molecule has 0 unspecified atom stereocenters. The van der Waals surface area contributed by atoms with E-state index in [1.807, 2.05) is 16.7 Å². The summed E-state index contributed by atoms with van der Waals surface area (Å²) in [6.45, 7) is 6.91. The van der Waals surface area contributed by atoms with Crippen LogP contribution in [0.1, 0.15) is 17.2 Å². The SMILES string of the molecule is CS(=O)(=O)O.CS(=O)(=O)O.Cn1c(=O)c2c(ncn2CCN2CCN(CCOC(c3ccccc3)c3ccccc3)CC2)n(C)c1=O. The summed E-state index contributed by atoms with van der Waals surface area (Å²) < 4.78 is 62.6. The smallest absolute Gasteiger partial charge is 0.332 e. The first-order chi connectivity index (χ1) is 22.0. The summed E-state index contributed by atoms with van der Waals surface area (Å²) in [5, 5.41) is 0. The van der Waals surface area contributed by atoms with E-state index in [2.05, 4.69) is 63.3 Å². The van der Waals surface area contributed by atoms with Crippen LogP contribution in [-0.2, 0) is 45.6 Å². The van der Waals surface area contributed by atoms with Gasteiger partial charge in [0, 0.05) is 59.9 Å². The van der Waals surface area contributed by atoms with Crippen molar-refractivity contribution in [2.75, 3.05) is 58.4 Å². The minimum atomic E-state index is -3.67. The Morgan fingerprint density at radius 1 is 0.745 bits per heavy atom. The van der Waals surface area contributed by atoms with E-state index in [0.717, 1.165) is 43.8 Å². The molecule has 3 heterocycles. The fourth-order valence-corrected chi connectivity index (χ4v) is 4.99. The topological polar surface area (TPSA) is 186 Å². The van der Waals surface area contributed by atoms with Crippen molar-refractivity contribution in [3.63, 3.8) is 0 Å². The summed E-state index contributed by atoms with van der Waals surface area (Å²) in [5.41, 5.74) is 2.58. The summed E-state index contributed by atoms with van der Waals surface area (Å²) in [7, 11) is -4.18. The van der Waals surface area contributed by atoms with Gasteiger partial charge in [0.25, 0.3) is 25.8 Å². The quantitative estimate of drug-likeness (QED) is 0.236. The molecule has 47 heavy (non-hydrogen) atoms. The number of rotatable bonds is 9. The largest absolute Gasteiger partial charge is 0.367 e. The molecule has 0 amide bonds. The Morgan fingerprint density at radius 3 is 1.66 bits per heavy atom. The van der Waals surface area contributed by atoms with Gasteiger partial charge in [0.2, 0.25) is 0 Å². The van der Waals surface area contributed by atoms with Crippen molar-refractivity contribution in [3.05, 3.63) is 99.0 Å². The molecule has 0 aliphatic carbocycles. The van der Waals surface area contributed by atoms with Crippen molar-refractivity contribution in [1.82, 2.24) is 28.5 Å². The molecule has 2 aromatic heterocycles. The molecule has 258 valence electrons. The molecule has 1 fully saturated rings. The number of piperazine rings is 1. The van der Waals surface area contributed by atoms with E-state index in [4.69, 9.17) is 13.8 Å². The average Bonchev–Trinajstić information content (AvgIpc) is 3.44. The fraction of sp³-hybridized carbons (Fsp3) is 0.433. The summed E-state index contributed by atoms with van der Waals surface area (Å²) >= 11 is 0. The van der Waals surface area contributed by atoms with Gasteiger partial charge in [-0.25, -0.2) is 9.78 Å². The number of imidazole rings is 1. The Balaban J connectivity index is 0.000000526. The number of fused-ring (bicyclic) bond motifs is 1. The molecule has 17 heteroatoms. The monoisotopic (exact) mass is 694 g/mol. The fourth-order valence-electron chi connectivity index (χ4n) is 4.99. The van der Waals surface area contributed by atoms with Crippen molar-refractivity contribution < 1.29 is 30.7 Å². The first kappa shape index (κ1) is 37.7. The normalized spacial score (nSPS) is 14.4. The number of ether oxygens (including phenoxy) is 1. The highest BCUT2D eigenvalue weighted by molar-refractivity contribution is 7.85. The molecule has 0 atom stereocenters. The predicted octanol–water partition coefficient (Wildman–Crippen LogP) is 0.866. The molecule has 15 nitrogen and oxygen atoms in total. The first-order valence-electron chi connectivity index (χ1n) is 14.6. The second-order valence-corrected chi connectivity index (χ2v) is 14.0. The summed E-state index contributed by atoms with van der Waals surface area (Å²) in [5.74, 6) is 0. The van der Waals surface area contributed by atoms with Crippen LogP contribution < -0.4 is 11.2 Å². The van der Waals surface area contributed by atoms with E-state index in [0.29, 0.717) is 36.8 Å². The van der Waals surface area contributed by atoms with Crippen molar-refractivity contribution >= 4 is 31.4 Å². The van der Waals surface area contributed by atoms with E-state index >= 15 is 0 Å². The molecule has 2 N–H and O–H groups in total. The third-order valence-corrected chi connectivity index (χ3v) is 7.24. The highest BCUT2D eigenvalue weighted by Gasteiger charge is 2.20. The molecule has 2 aromatic carbocycles. The van der Waals surface area contributed by atoms with Gasteiger partial charge < -0.3 is 9.30 Å². The number of aromatic nitrogens is 4. The van der Waals surface area contributed by atoms with Crippen LogP contribution in [0.15, 0.2) is 76.6 Å². The van der Waals surface area contributed by atoms with Crippen LogP contribution in [0.4, 0.5) is 0 Å². The van der Waals surface area contributed by atoms with Crippen molar-refractivity contribution in [1.29, 1.82) is 0 Å². The Hall–Kier alpha value is -3.71. The first-order valence-corrected chi connectivity index (χ1v) is 18.3. The number of benzene rings is 2. The zero-order valence-electron chi connectivity index (χ0n) is 26.8. The molecule has 0 bridgehead atoms. The van der Waals surface area contributed by atoms with Crippen LogP contribution in [-0.4, -0.2) is 113 Å². The second-order valence-electron chi connectivity index (χ2n) is 11.0. The zero-order valence-corrected chi connectivity index (χ0v) is 28.5. The lowest BCUT2D eigenvalue weighted by Gasteiger charge is -2.35. The van der Waals surface area contributed by atoms with E-state index in [1.165, 1.54) is 22.7 Å². The van der Waals surface area contributed by atoms with Gasteiger partial charge in [-0.15, -0.1) is 0 Å². The van der Waals surface area contributed by atoms with Crippen LogP contribution in [0.25, 0.3) is 11.2 Å². The predicted molar refractivity (Wildman–Crippen MR) is 179 cm³/mol. The van der Waals surface area contributed by atoms with E-state index in [9.17, 15) is 26.4 Å². The lowest BCUT2D eigenvalue weighted by Crippen LogP contribution is -2.48. The van der Waals surface area contributed by atoms with Gasteiger partial charge >= 0.3 is 5.69 Å². The van der Waals surface area contributed by atoms with Gasteiger partial charge in [-0.05, 0) is 11.1 Å². The summed E-state index contributed by atoms with van der Waals surface area (Å²) in [6, 6.07) is 20.8. The Labute approximate surface area is 274 Å². The maximum atomic E-state index is 12.7. The van der Waals surface area contributed by atoms with Crippen LogP contribution >= 0.6 is 0 Å². The maximum absolute atomic E-state index is 12.7. The molecule has 4 aromatic rings. The Kier molecular flexibility index (Phi) is 13.6. The second kappa shape index (κ2) is 16.9. The molecule has 0 radical (unpaired) electrons. The minimum Gasteiger partial charge on any atom is -0.367 e. The van der Waals surface area contributed by atoms with Crippen molar-refractivity contribution in [2.45, 2.75) is 12.6 Å².